The smallest absolute Gasteiger partial charge is 0.326 e. The van der Waals surface area contributed by atoms with Gasteiger partial charge in [0.2, 0.25) is 5.91 Å². The second kappa shape index (κ2) is 7.27. The number of amides is 1. The van der Waals surface area contributed by atoms with E-state index >= 15 is 0 Å². The van der Waals surface area contributed by atoms with Gasteiger partial charge in [-0.15, -0.1) is 0 Å². The number of nitrogens with zero attached hydrogens (tertiary/aromatic N) is 1. The average molecular weight is 348 g/mol. The number of nitrogens with one attached hydrogen (secondary N) is 1. The summed E-state index contributed by atoms with van der Waals surface area (Å²) in [5.41, 5.74) is 2.01. The molecule has 0 bridgehead atoms. The van der Waals surface area contributed by atoms with Crippen LogP contribution in [0.4, 0.5) is 18.9 Å². The Morgan fingerprint density at radius 2 is 1.84 bits per heavy atom. The number of halogens is 3. The van der Waals surface area contributed by atoms with Gasteiger partial charge in [0.1, 0.15) is 0 Å². The van der Waals surface area contributed by atoms with Crippen molar-refractivity contribution >= 4 is 11.6 Å². The third-order valence-corrected chi connectivity index (χ3v) is 4.34. The van der Waals surface area contributed by atoms with E-state index in [-0.39, 0.29) is 18.0 Å². The minimum absolute atomic E-state index is 0.170. The van der Waals surface area contributed by atoms with Crippen molar-refractivity contribution < 1.29 is 18.0 Å². The zero-order chi connectivity index (χ0) is 17.9. The number of hydrogen-bond acceptors (Lipinski definition) is 2. The molecular formula is C19H19F3N2O. The van der Waals surface area contributed by atoms with Gasteiger partial charge in [-0.3, -0.25) is 9.69 Å². The molecule has 1 aliphatic rings. The lowest BCUT2D eigenvalue weighted by Gasteiger charge is -2.28. The number of rotatable bonds is 4. The highest BCUT2D eigenvalue weighted by Crippen LogP contribution is 2.30. The Hall–Kier alpha value is -2.34. The normalized spacial score (nSPS) is 14.8. The quantitative estimate of drug-likeness (QED) is 0.902. The number of hydrogen-bond donors (Lipinski definition) is 1. The van der Waals surface area contributed by atoms with Gasteiger partial charge in [0, 0.05) is 31.7 Å². The van der Waals surface area contributed by atoms with Crippen molar-refractivity contribution in [1.29, 1.82) is 0 Å². The molecule has 3 rings (SSSR count). The maximum Gasteiger partial charge on any atom is 0.416 e. The van der Waals surface area contributed by atoms with Crippen molar-refractivity contribution in [2.45, 2.75) is 25.6 Å². The van der Waals surface area contributed by atoms with Gasteiger partial charge in [-0.1, -0.05) is 30.3 Å². The fourth-order valence-corrected chi connectivity index (χ4v) is 3.00. The van der Waals surface area contributed by atoms with E-state index in [1.165, 1.54) is 23.3 Å². The second-order valence-corrected chi connectivity index (χ2v) is 6.17. The topological polar surface area (TPSA) is 32.3 Å². The summed E-state index contributed by atoms with van der Waals surface area (Å²) in [6.07, 6.45) is -3.22. The van der Waals surface area contributed by atoms with Crippen LogP contribution in [0.1, 0.15) is 23.1 Å². The third-order valence-electron chi connectivity index (χ3n) is 4.34. The highest BCUT2D eigenvalue weighted by atomic mass is 19.4. The van der Waals surface area contributed by atoms with Crippen LogP contribution >= 0.6 is 0 Å². The Labute approximate surface area is 144 Å². The van der Waals surface area contributed by atoms with Crippen LogP contribution in [0.2, 0.25) is 0 Å². The molecule has 0 saturated carbocycles. The molecule has 6 heteroatoms. The molecule has 132 valence electrons. The average Bonchev–Trinajstić information content (AvgIpc) is 2.59. The molecule has 25 heavy (non-hydrogen) atoms. The lowest BCUT2D eigenvalue weighted by atomic mass is 10.00. The summed E-state index contributed by atoms with van der Waals surface area (Å²) in [7, 11) is 0. The molecule has 1 N–H and O–H groups in total. The van der Waals surface area contributed by atoms with Gasteiger partial charge in [0.15, 0.2) is 0 Å². The maximum atomic E-state index is 12.7. The van der Waals surface area contributed by atoms with Crippen molar-refractivity contribution in [1.82, 2.24) is 4.90 Å². The highest BCUT2D eigenvalue weighted by Gasteiger charge is 2.30. The Kier molecular flexibility index (Phi) is 5.08. The Morgan fingerprint density at radius 3 is 2.60 bits per heavy atom. The van der Waals surface area contributed by atoms with E-state index in [0.717, 1.165) is 31.6 Å². The van der Waals surface area contributed by atoms with E-state index in [2.05, 4.69) is 22.3 Å². The summed E-state index contributed by atoms with van der Waals surface area (Å²) in [5.74, 6) is -0.279. The van der Waals surface area contributed by atoms with Crippen LogP contribution in [0.3, 0.4) is 0 Å². The van der Waals surface area contributed by atoms with Gasteiger partial charge in [-0.25, -0.2) is 0 Å². The first-order valence-electron chi connectivity index (χ1n) is 8.18. The zero-order valence-electron chi connectivity index (χ0n) is 13.6. The number of benzene rings is 2. The summed E-state index contributed by atoms with van der Waals surface area (Å²) in [6, 6.07) is 12.9. The molecule has 1 heterocycles. The van der Waals surface area contributed by atoms with E-state index in [1.807, 2.05) is 12.1 Å². The molecule has 0 unspecified atom stereocenters. The maximum absolute atomic E-state index is 12.7. The standard InChI is InChI=1S/C19H19F3N2O/c20-19(21,22)16-6-3-7-17(12-16)23-18(25)9-11-24-10-8-14-4-1-2-5-15(14)13-24/h1-7,12H,8-11,13H2,(H,23,25). The molecule has 3 nitrogen and oxygen atoms in total. The molecule has 0 aliphatic carbocycles. The largest absolute Gasteiger partial charge is 0.416 e. The number of carbonyl (C=O) groups excluding carboxylic acids is 1. The number of anilines is 1. The van der Waals surface area contributed by atoms with Crippen molar-refractivity contribution in [3.05, 3.63) is 65.2 Å². The van der Waals surface area contributed by atoms with E-state index in [0.29, 0.717) is 6.54 Å². The molecule has 0 atom stereocenters. The zero-order valence-corrected chi connectivity index (χ0v) is 13.6. The van der Waals surface area contributed by atoms with Crippen LogP contribution in [-0.4, -0.2) is 23.9 Å². The third kappa shape index (κ3) is 4.60. The van der Waals surface area contributed by atoms with Crippen LogP contribution < -0.4 is 5.32 Å². The van der Waals surface area contributed by atoms with E-state index in [4.69, 9.17) is 0 Å². The van der Waals surface area contributed by atoms with Crippen LogP contribution in [0.15, 0.2) is 48.5 Å². The summed E-state index contributed by atoms with van der Waals surface area (Å²) in [5, 5.41) is 2.55. The van der Waals surface area contributed by atoms with Gasteiger partial charge in [-0.05, 0) is 35.7 Å². The molecule has 1 aliphatic heterocycles. The first-order chi connectivity index (χ1) is 11.9. The van der Waals surface area contributed by atoms with Gasteiger partial charge in [-0.2, -0.15) is 13.2 Å². The Bertz CT molecular complexity index is 758. The lowest BCUT2D eigenvalue weighted by Crippen LogP contribution is -2.33. The van der Waals surface area contributed by atoms with Gasteiger partial charge in [0.25, 0.3) is 0 Å². The summed E-state index contributed by atoms with van der Waals surface area (Å²) >= 11 is 0. The predicted molar refractivity (Wildman–Crippen MR) is 90.1 cm³/mol. The summed E-state index contributed by atoms with van der Waals surface area (Å²) < 4.78 is 38.1. The molecule has 0 aromatic heterocycles. The highest BCUT2D eigenvalue weighted by molar-refractivity contribution is 5.90. The minimum Gasteiger partial charge on any atom is -0.326 e. The van der Waals surface area contributed by atoms with Crippen molar-refractivity contribution in [3.8, 4) is 0 Å². The Balaban J connectivity index is 1.52. The molecule has 0 fully saturated rings. The first kappa shape index (κ1) is 17.5. The second-order valence-electron chi connectivity index (χ2n) is 6.17. The number of fused-ring (bicyclic) bond motifs is 1. The Morgan fingerprint density at radius 1 is 1.08 bits per heavy atom. The van der Waals surface area contributed by atoms with Crippen molar-refractivity contribution in [2.75, 3.05) is 18.4 Å². The molecule has 0 saturated heterocycles. The molecule has 1 amide bonds. The van der Waals surface area contributed by atoms with Crippen LogP contribution in [0, 0.1) is 0 Å². The van der Waals surface area contributed by atoms with E-state index in [9.17, 15) is 18.0 Å². The van der Waals surface area contributed by atoms with Gasteiger partial charge >= 0.3 is 6.18 Å². The van der Waals surface area contributed by atoms with Gasteiger partial charge < -0.3 is 5.32 Å². The molecule has 0 spiro atoms. The molecule has 0 radical (unpaired) electrons. The lowest BCUT2D eigenvalue weighted by molar-refractivity contribution is -0.137. The fraction of sp³-hybridized carbons (Fsp3) is 0.316. The van der Waals surface area contributed by atoms with Crippen LogP contribution in [0.5, 0.6) is 0 Å². The summed E-state index contributed by atoms with van der Waals surface area (Å²) in [4.78, 5) is 14.2. The minimum atomic E-state index is -4.41. The van der Waals surface area contributed by atoms with Crippen molar-refractivity contribution in [2.24, 2.45) is 0 Å². The van der Waals surface area contributed by atoms with E-state index in [1.54, 1.807) is 0 Å². The number of alkyl halides is 3. The molecular weight excluding hydrogens is 329 g/mol. The molecule has 2 aromatic rings. The van der Waals surface area contributed by atoms with Crippen LogP contribution in [-0.2, 0) is 23.9 Å². The van der Waals surface area contributed by atoms with E-state index < -0.39 is 11.7 Å². The van der Waals surface area contributed by atoms with Crippen molar-refractivity contribution in [3.63, 3.8) is 0 Å². The fourth-order valence-electron chi connectivity index (χ4n) is 3.00. The monoisotopic (exact) mass is 348 g/mol. The predicted octanol–water partition coefficient (Wildman–Crippen LogP) is 4.09. The summed E-state index contributed by atoms with van der Waals surface area (Å²) in [6.45, 7) is 2.26. The number of carbonyl (C=O) groups is 1. The molecule has 2 aromatic carbocycles. The van der Waals surface area contributed by atoms with Crippen LogP contribution in [0.25, 0.3) is 0 Å². The van der Waals surface area contributed by atoms with Gasteiger partial charge in [0.05, 0.1) is 5.56 Å². The first-order valence-corrected chi connectivity index (χ1v) is 8.18. The SMILES string of the molecule is O=C(CCN1CCc2ccccc2C1)Nc1cccc(C(F)(F)F)c1.